The van der Waals surface area contributed by atoms with Crippen LogP contribution in [0.3, 0.4) is 0 Å². The lowest BCUT2D eigenvalue weighted by Crippen LogP contribution is -2.41. The van der Waals surface area contributed by atoms with Gasteiger partial charge in [0, 0.05) is 12.2 Å². The largest absolute Gasteiger partial charge is 0.352 e. The summed E-state index contributed by atoms with van der Waals surface area (Å²) in [6, 6.07) is 3.35. The van der Waals surface area contributed by atoms with Gasteiger partial charge in [0.25, 0.3) is 11.8 Å². The van der Waals surface area contributed by atoms with E-state index in [4.69, 9.17) is 0 Å². The predicted octanol–water partition coefficient (Wildman–Crippen LogP) is -0.0438. The van der Waals surface area contributed by atoms with E-state index in [0.29, 0.717) is 0 Å². The zero-order valence-electron chi connectivity index (χ0n) is 9.55. The van der Waals surface area contributed by atoms with Crippen molar-refractivity contribution in [3.63, 3.8) is 0 Å². The zero-order valence-corrected chi connectivity index (χ0v) is 9.55. The smallest absolute Gasteiger partial charge is 0.280 e. The number of hydrogen-bond donors (Lipinski definition) is 1. The van der Waals surface area contributed by atoms with Crippen LogP contribution in [-0.4, -0.2) is 40.2 Å². The molecule has 6 nitrogen and oxygen atoms in total. The maximum Gasteiger partial charge on any atom is 0.280 e. The van der Waals surface area contributed by atoms with E-state index in [2.05, 4.69) is 10.3 Å². The molecule has 92 valence electrons. The molecule has 1 aliphatic carbocycles. The Morgan fingerprint density at radius 2 is 2.17 bits per heavy atom. The number of carbonyl (C=O) groups excluding carboxylic acids is 3. The maximum atomic E-state index is 11.9. The van der Waals surface area contributed by atoms with Gasteiger partial charge in [-0.25, -0.2) is 0 Å². The Bertz CT molecular complexity index is 516. The third kappa shape index (κ3) is 1.75. The van der Waals surface area contributed by atoms with Gasteiger partial charge in [0.1, 0.15) is 12.2 Å². The summed E-state index contributed by atoms with van der Waals surface area (Å²) in [7, 11) is 0. The molecule has 3 rings (SSSR count). The minimum absolute atomic E-state index is 0.127. The van der Waals surface area contributed by atoms with Gasteiger partial charge in [-0.3, -0.25) is 24.3 Å². The summed E-state index contributed by atoms with van der Waals surface area (Å²) < 4.78 is 0. The standard InChI is InChI=1S/C12H11N3O3/c16-9(14-7-3-4-7)6-15-11(17)8-2-1-5-13-10(8)12(15)18/h1-2,5,7H,3-4,6H2,(H,14,16). The van der Waals surface area contributed by atoms with E-state index >= 15 is 0 Å². The molecule has 1 aliphatic heterocycles. The van der Waals surface area contributed by atoms with Crippen molar-refractivity contribution in [3.05, 3.63) is 29.6 Å². The Labute approximate surface area is 103 Å². The summed E-state index contributed by atoms with van der Waals surface area (Å²) in [5, 5.41) is 2.74. The van der Waals surface area contributed by atoms with Crippen LogP contribution in [0.4, 0.5) is 0 Å². The topological polar surface area (TPSA) is 79.4 Å². The highest BCUT2D eigenvalue weighted by Gasteiger charge is 2.38. The highest BCUT2D eigenvalue weighted by Crippen LogP contribution is 2.21. The molecular formula is C12H11N3O3. The third-order valence-corrected chi connectivity index (χ3v) is 2.98. The van der Waals surface area contributed by atoms with Gasteiger partial charge in [-0.1, -0.05) is 0 Å². The number of carbonyl (C=O) groups is 3. The van der Waals surface area contributed by atoms with Gasteiger partial charge >= 0.3 is 0 Å². The summed E-state index contributed by atoms with van der Waals surface area (Å²) in [4.78, 5) is 40.3. The molecule has 1 fully saturated rings. The summed E-state index contributed by atoms with van der Waals surface area (Å²) >= 11 is 0. The number of fused-ring (bicyclic) bond motifs is 1. The second-order valence-electron chi connectivity index (χ2n) is 4.44. The van der Waals surface area contributed by atoms with E-state index < -0.39 is 11.8 Å². The van der Waals surface area contributed by atoms with Gasteiger partial charge in [0.05, 0.1) is 5.56 Å². The molecule has 6 heteroatoms. The number of pyridine rings is 1. The summed E-state index contributed by atoms with van der Waals surface area (Å²) in [5.74, 6) is -1.25. The first-order chi connectivity index (χ1) is 8.66. The Morgan fingerprint density at radius 1 is 1.39 bits per heavy atom. The van der Waals surface area contributed by atoms with Crippen LogP contribution < -0.4 is 5.32 Å². The van der Waals surface area contributed by atoms with Gasteiger partial charge in [0.2, 0.25) is 5.91 Å². The molecule has 2 aliphatic rings. The van der Waals surface area contributed by atoms with E-state index in [0.717, 1.165) is 17.7 Å². The number of rotatable bonds is 3. The van der Waals surface area contributed by atoms with Gasteiger partial charge in [-0.05, 0) is 25.0 Å². The molecular weight excluding hydrogens is 234 g/mol. The average Bonchev–Trinajstić information content (AvgIpc) is 3.14. The monoisotopic (exact) mass is 245 g/mol. The molecule has 3 amide bonds. The highest BCUT2D eigenvalue weighted by atomic mass is 16.2. The zero-order chi connectivity index (χ0) is 12.7. The van der Waals surface area contributed by atoms with Crippen molar-refractivity contribution in [2.45, 2.75) is 18.9 Å². The first-order valence-electron chi connectivity index (χ1n) is 5.77. The van der Waals surface area contributed by atoms with Crippen LogP contribution in [0.1, 0.15) is 33.7 Å². The minimum atomic E-state index is -0.499. The molecule has 1 N–H and O–H groups in total. The fraction of sp³-hybridized carbons (Fsp3) is 0.333. The average molecular weight is 245 g/mol. The summed E-state index contributed by atoms with van der Waals surface area (Å²) in [5.41, 5.74) is 0.392. The quantitative estimate of drug-likeness (QED) is 0.757. The van der Waals surface area contributed by atoms with Crippen molar-refractivity contribution in [1.29, 1.82) is 0 Å². The van der Waals surface area contributed by atoms with E-state index in [1.165, 1.54) is 6.20 Å². The maximum absolute atomic E-state index is 11.9. The van der Waals surface area contributed by atoms with Crippen LogP contribution in [0.15, 0.2) is 18.3 Å². The lowest BCUT2D eigenvalue weighted by atomic mass is 10.2. The molecule has 0 spiro atoms. The molecule has 18 heavy (non-hydrogen) atoms. The number of aromatic nitrogens is 1. The number of nitrogens with zero attached hydrogens (tertiary/aromatic N) is 2. The molecule has 1 aromatic rings. The van der Waals surface area contributed by atoms with Crippen molar-refractivity contribution in [2.75, 3.05) is 6.54 Å². The molecule has 0 bridgehead atoms. The van der Waals surface area contributed by atoms with E-state index in [1.54, 1.807) is 12.1 Å². The summed E-state index contributed by atoms with van der Waals surface area (Å²) in [6.07, 6.45) is 3.39. The van der Waals surface area contributed by atoms with Crippen LogP contribution >= 0.6 is 0 Å². The Kier molecular flexibility index (Phi) is 2.36. The van der Waals surface area contributed by atoms with Gasteiger partial charge in [-0.15, -0.1) is 0 Å². The lowest BCUT2D eigenvalue weighted by Gasteiger charge is -2.12. The van der Waals surface area contributed by atoms with E-state index in [9.17, 15) is 14.4 Å². The molecule has 1 aromatic heterocycles. The Morgan fingerprint density at radius 3 is 2.83 bits per heavy atom. The molecule has 0 radical (unpaired) electrons. The second-order valence-corrected chi connectivity index (χ2v) is 4.44. The van der Waals surface area contributed by atoms with Crippen molar-refractivity contribution < 1.29 is 14.4 Å². The molecule has 0 unspecified atom stereocenters. The fourth-order valence-corrected chi connectivity index (χ4v) is 1.90. The third-order valence-electron chi connectivity index (χ3n) is 2.98. The van der Waals surface area contributed by atoms with Crippen LogP contribution in [0, 0.1) is 0 Å². The molecule has 0 aromatic carbocycles. The second kappa shape index (κ2) is 3.90. The van der Waals surface area contributed by atoms with E-state index in [-0.39, 0.29) is 29.8 Å². The van der Waals surface area contributed by atoms with Gasteiger partial charge < -0.3 is 5.32 Å². The lowest BCUT2D eigenvalue weighted by molar-refractivity contribution is -0.121. The molecule has 2 heterocycles. The number of imide groups is 1. The van der Waals surface area contributed by atoms with Crippen molar-refractivity contribution in [3.8, 4) is 0 Å². The van der Waals surface area contributed by atoms with Crippen molar-refractivity contribution in [2.24, 2.45) is 0 Å². The fourth-order valence-electron chi connectivity index (χ4n) is 1.90. The normalized spacial score (nSPS) is 17.9. The van der Waals surface area contributed by atoms with E-state index in [1.807, 2.05) is 0 Å². The van der Waals surface area contributed by atoms with Crippen molar-refractivity contribution in [1.82, 2.24) is 15.2 Å². The summed E-state index contributed by atoms with van der Waals surface area (Å²) in [6.45, 7) is -0.232. The van der Waals surface area contributed by atoms with Crippen molar-refractivity contribution >= 4 is 17.7 Å². The predicted molar refractivity (Wildman–Crippen MR) is 60.8 cm³/mol. The van der Waals surface area contributed by atoms with Gasteiger partial charge in [-0.2, -0.15) is 0 Å². The first kappa shape index (κ1) is 10.9. The highest BCUT2D eigenvalue weighted by molar-refractivity contribution is 6.21. The number of amides is 3. The first-order valence-corrected chi connectivity index (χ1v) is 5.77. The Hall–Kier alpha value is -2.24. The van der Waals surface area contributed by atoms with Crippen LogP contribution in [0.2, 0.25) is 0 Å². The van der Waals surface area contributed by atoms with Crippen LogP contribution in [0.5, 0.6) is 0 Å². The van der Waals surface area contributed by atoms with Crippen LogP contribution in [-0.2, 0) is 4.79 Å². The molecule has 0 atom stereocenters. The molecule has 0 saturated heterocycles. The minimum Gasteiger partial charge on any atom is -0.352 e. The SMILES string of the molecule is O=C(CN1C(=O)c2cccnc2C1=O)NC1CC1. The number of hydrogen-bond acceptors (Lipinski definition) is 4. The molecule has 1 saturated carbocycles. The van der Waals surface area contributed by atoms with Gasteiger partial charge in [0.15, 0.2) is 0 Å². The van der Waals surface area contributed by atoms with Crippen LogP contribution in [0.25, 0.3) is 0 Å². The Balaban J connectivity index is 1.76. The number of nitrogens with one attached hydrogen (secondary N) is 1.